The molecule has 0 radical (unpaired) electrons. The predicted molar refractivity (Wildman–Crippen MR) is 107 cm³/mol. The van der Waals surface area contributed by atoms with Crippen molar-refractivity contribution in [1.82, 2.24) is 0 Å². The summed E-state index contributed by atoms with van der Waals surface area (Å²) in [4.78, 5) is 14.7. The van der Waals surface area contributed by atoms with E-state index in [4.69, 9.17) is 10.4 Å². The minimum Gasteiger partial charge on any atom is -0.481 e. The van der Waals surface area contributed by atoms with E-state index in [0.29, 0.717) is 19.3 Å². The summed E-state index contributed by atoms with van der Waals surface area (Å²) in [5.74, 6) is 4.97. The maximum atomic E-state index is 10.3. The molecule has 0 aliphatic heterocycles. The Bertz CT molecular complexity index is 518. The molecule has 0 bridgehead atoms. The van der Waals surface area contributed by atoms with Gasteiger partial charge in [0.05, 0.1) is 6.42 Å². The maximum Gasteiger partial charge on any atom is 0.304 e. The number of carboxylic acids is 1. The Morgan fingerprint density at radius 2 is 1.81 bits per heavy atom. The Morgan fingerprint density at radius 3 is 2.54 bits per heavy atom. The van der Waals surface area contributed by atoms with Gasteiger partial charge in [0.25, 0.3) is 0 Å². The predicted octanol–water partition coefficient (Wildman–Crippen LogP) is 5.69. The summed E-state index contributed by atoms with van der Waals surface area (Å²) in [7, 11) is 0. The number of carboxylic acid groups (broad SMARTS) is 1. The standard InChI is InChI=1S/C22H32O4/c1-2-3-15-18-21(26-25)19-16-13-11-9-7-5-4-6-8-10-12-14-17-20-22(23)24/h3,5-8,15-16,19,21,25H,2,4,9-11,13,17-18,20H2,1H3,(H,23,24)/t21-/m0/s1. The summed E-state index contributed by atoms with van der Waals surface area (Å²) in [5.41, 5.74) is 0. The van der Waals surface area contributed by atoms with E-state index in [0.717, 1.165) is 32.1 Å². The van der Waals surface area contributed by atoms with Crippen LogP contribution in [-0.2, 0) is 9.68 Å². The first-order valence-electron chi connectivity index (χ1n) is 9.30. The second kappa shape index (κ2) is 19.2. The van der Waals surface area contributed by atoms with Crippen LogP contribution in [0, 0.1) is 11.8 Å². The highest BCUT2D eigenvalue weighted by Gasteiger charge is 2.00. The SMILES string of the molecule is CCC=CC[C@@H](C=CCCCC=CCC=CCC#CCCC(=O)O)OO. The first-order chi connectivity index (χ1) is 12.7. The smallest absolute Gasteiger partial charge is 0.304 e. The number of hydrogen-bond donors (Lipinski definition) is 2. The zero-order valence-electron chi connectivity index (χ0n) is 15.8. The number of hydrogen-bond acceptors (Lipinski definition) is 3. The summed E-state index contributed by atoms with van der Waals surface area (Å²) in [5, 5.41) is 17.3. The van der Waals surface area contributed by atoms with Crippen molar-refractivity contribution >= 4 is 5.97 Å². The van der Waals surface area contributed by atoms with Gasteiger partial charge in [-0.2, -0.15) is 0 Å². The molecule has 0 saturated heterocycles. The topological polar surface area (TPSA) is 66.8 Å². The average Bonchev–Trinajstić information content (AvgIpc) is 2.63. The van der Waals surface area contributed by atoms with Crippen LogP contribution >= 0.6 is 0 Å². The third kappa shape index (κ3) is 18.3. The molecule has 4 nitrogen and oxygen atoms in total. The number of allylic oxidation sites excluding steroid dienone is 6. The van der Waals surface area contributed by atoms with Gasteiger partial charge in [0.1, 0.15) is 6.10 Å². The second-order valence-electron chi connectivity index (χ2n) is 5.75. The molecule has 4 heteroatoms. The second-order valence-corrected chi connectivity index (χ2v) is 5.75. The first-order valence-corrected chi connectivity index (χ1v) is 9.30. The molecule has 0 aliphatic rings. The fraction of sp³-hybridized carbons (Fsp3) is 0.500. The van der Waals surface area contributed by atoms with Crippen molar-refractivity contribution in [3.05, 3.63) is 48.6 Å². The molecule has 0 aromatic carbocycles. The van der Waals surface area contributed by atoms with Crippen molar-refractivity contribution in [2.45, 2.75) is 70.8 Å². The molecule has 0 unspecified atom stereocenters. The minimum atomic E-state index is -0.804. The van der Waals surface area contributed by atoms with Crippen LogP contribution in [-0.4, -0.2) is 22.4 Å². The lowest BCUT2D eigenvalue weighted by Gasteiger charge is -2.04. The number of rotatable bonds is 14. The van der Waals surface area contributed by atoms with Crippen LogP contribution in [0.1, 0.15) is 64.7 Å². The summed E-state index contributed by atoms with van der Waals surface area (Å²) in [6, 6.07) is 0. The van der Waals surface area contributed by atoms with Gasteiger partial charge >= 0.3 is 5.97 Å². The molecule has 144 valence electrons. The van der Waals surface area contributed by atoms with E-state index in [2.05, 4.69) is 54.0 Å². The van der Waals surface area contributed by atoms with Crippen LogP contribution in [0.5, 0.6) is 0 Å². The van der Waals surface area contributed by atoms with E-state index in [1.807, 2.05) is 18.2 Å². The monoisotopic (exact) mass is 360 g/mol. The van der Waals surface area contributed by atoms with Crippen LogP contribution in [0.25, 0.3) is 0 Å². The fourth-order valence-corrected chi connectivity index (χ4v) is 2.02. The minimum absolute atomic E-state index is 0.109. The summed E-state index contributed by atoms with van der Waals surface area (Å²) >= 11 is 0. The molecule has 0 saturated carbocycles. The van der Waals surface area contributed by atoms with Gasteiger partial charge in [0.2, 0.25) is 0 Å². The molecule has 0 aliphatic carbocycles. The maximum absolute atomic E-state index is 10.3. The number of aliphatic carboxylic acids is 1. The summed E-state index contributed by atoms with van der Waals surface area (Å²) < 4.78 is 0. The fourth-order valence-electron chi connectivity index (χ4n) is 2.02. The highest BCUT2D eigenvalue weighted by molar-refractivity contribution is 5.66. The van der Waals surface area contributed by atoms with Crippen LogP contribution in [0.4, 0.5) is 0 Å². The van der Waals surface area contributed by atoms with Gasteiger partial charge in [-0.15, -0.1) is 5.92 Å². The van der Waals surface area contributed by atoms with E-state index in [1.165, 1.54) is 0 Å². The Kier molecular flexibility index (Phi) is 17.7. The molecule has 26 heavy (non-hydrogen) atoms. The van der Waals surface area contributed by atoms with Gasteiger partial charge in [-0.25, -0.2) is 4.89 Å². The Morgan fingerprint density at radius 1 is 1.04 bits per heavy atom. The highest BCUT2D eigenvalue weighted by atomic mass is 17.1. The van der Waals surface area contributed by atoms with Crippen LogP contribution in [0.3, 0.4) is 0 Å². The van der Waals surface area contributed by atoms with E-state index >= 15 is 0 Å². The van der Waals surface area contributed by atoms with Gasteiger partial charge in [0.15, 0.2) is 0 Å². The summed E-state index contributed by atoms with van der Waals surface area (Å²) in [6.07, 6.45) is 23.0. The van der Waals surface area contributed by atoms with Gasteiger partial charge in [-0.3, -0.25) is 10.1 Å². The molecule has 0 spiro atoms. The van der Waals surface area contributed by atoms with E-state index in [1.54, 1.807) is 0 Å². The van der Waals surface area contributed by atoms with Crippen LogP contribution in [0.15, 0.2) is 48.6 Å². The first kappa shape index (κ1) is 23.9. The summed E-state index contributed by atoms with van der Waals surface area (Å²) in [6.45, 7) is 2.07. The lowest BCUT2D eigenvalue weighted by Crippen LogP contribution is -2.05. The molecule has 1 atom stereocenters. The third-order valence-electron chi connectivity index (χ3n) is 3.41. The highest BCUT2D eigenvalue weighted by Crippen LogP contribution is 2.05. The Labute approximate surface area is 157 Å². The molecule has 0 fully saturated rings. The Hall–Kier alpha value is -2.09. The number of unbranched alkanes of at least 4 members (excludes halogenated alkanes) is 2. The van der Waals surface area contributed by atoms with Crippen molar-refractivity contribution in [3.63, 3.8) is 0 Å². The van der Waals surface area contributed by atoms with E-state index in [-0.39, 0.29) is 12.5 Å². The van der Waals surface area contributed by atoms with Crippen LogP contribution in [0.2, 0.25) is 0 Å². The molecular weight excluding hydrogens is 328 g/mol. The molecule has 0 amide bonds. The molecule has 0 heterocycles. The van der Waals surface area contributed by atoms with Gasteiger partial charge in [-0.1, -0.05) is 61.5 Å². The van der Waals surface area contributed by atoms with Crippen LogP contribution < -0.4 is 0 Å². The van der Waals surface area contributed by atoms with Gasteiger partial charge < -0.3 is 5.11 Å². The molecular formula is C22H32O4. The van der Waals surface area contributed by atoms with Crippen molar-refractivity contribution in [2.24, 2.45) is 0 Å². The van der Waals surface area contributed by atoms with E-state index < -0.39 is 5.97 Å². The molecule has 0 aromatic rings. The quantitative estimate of drug-likeness (QED) is 0.137. The number of carbonyl (C=O) groups is 1. The van der Waals surface area contributed by atoms with Gasteiger partial charge in [0, 0.05) is 12.8 Å². The zero-order valence-corrected chi connectivity index (χ0v) is 15.8. The third-order valence-corrected chi connectivity index (χ3v) is 3.41. The van der Waals surface area contributed by atoms with Crippen molar-refractivity contribution in [3.8, 4) is 11.8 Å². The lowest BCUT2D eigenvalue weighted by molar-refractivity contribution is -0.264. The molecule has 2 N–H and O–H groups in total. The Balaban J connectivity index is 3.66. The van der Waals surface area contributed by atoms with Gasteiger partial charge in [-0.05, 0) is 38.5 Å². The normalized spacial score (nSPS) is 13.0. The van der Waals surface area contributed by atoms with Crippen molar-refractivity contribution in [1.29, 1.82) is 0 Å². The lowest BCUT2D eigenvalue weighted by atomic mass is 10.1. The van der Waals surface area contributed by atoms with Crippen molar-refractivity contribution in [2.75, 3.05) is 0 Å². The molecule has 0 rings (SSSR count). The molecule has 0 aromatic heterocycles. The average molecular weight is 360 g/mol. The van der Waals surface area contributed by atoms with E-state index in [9.17, 15) is 4.79 Å². The largest absolute Gasteiger partial charge is 0.481 e. The van der Waals surface area contributed by atoms with Crippen molar-refractivity contribution < 1.29 is 20.0 Å². The zero-order chi connectivity index (χ0) is 19.3.